The van der Waals surface area contributed by atoms with Gasteiger partial charge in [0.15, 0.2) is 0 Å². The number of allylic oxidation sites excluding steroid dienone is 4. The van der Waals surface area contributed by atoms with Crippen molar-refractivity contribution in [3.63, 3.8) is 0 Å². The number of hydrogen-bond acceptors (Lipinski definition) is 5. The molecule has 0 unspecified atom stereocenters. The lowest BCUT2D eigenvalue weighted by Crippen LogP contribution is -2.36. The molecule has 1 N–H and O–H groups in total. The van der Waals surface area contributed by atoms with E-state index in [1.165, 1.54) is 22.5 Å². The Morgan fingerprint density at radius 2 is 1.96 bits per heavy atom. The average Bonchev–Trinajstić information content (AvgIpc) is 2.63. The summed E-state index contributed by atoms with van der Waals surface area (Å²) in [6.07, 6.45) is 8.21. The van der Waals surface area contributed by atoms with Crippen LogP contribution in [0.15, 0.2) is 41.9 Å². The molecule has 1 saturated heterocycles. The zero-order chi connectivity index (χ0) is 17.2. The number of fused-ring (bicyclic) bond motifs is 1. The van der Waals surface area contributed by atoms with Gasteiger partial charge in [-0.15, -0.1) is 0 Å². The molecule has 0 saturated carbocycles. The highest BCUT2D eigenvalue weighted by Crippen LogP contribution is 2.30. The van der Waals surface area contributed by atoms with Gasteiger partial charge in [-0.1, -0.05) is 11.6 Å². The fourth-order valence-corrected chi connectivity index (χ4v) is 3.56. The van der Waals surface area contributed by atoms with Crippen LogP contribution in [-0.2, 0) is 4.74 Å². The fourth-order valence-electron chi connectivity index (χ4n) is 3.56. The Morgan fingerprint density at radius 1 is 1.12 bits per heavy atom. The van der Waals surface area contributed by atoms with Crippen molar-refractivity contribution in [3.8, 4) is 0 Å². The molecule has 4 rings (SSSR count). The van der Waals surface area contributed by atoms with Crippen LogP contribution >= 0.6 is 0 Å². The van der Waals surface area contributed by atoms with Crippen LogP contribution in [0.3, 0.4) is 0 Å². The number of ether oxygens (including phenoxy) is 1. The van der Waals surface area contributed by atoms with Crippen LogP contribution < -0.4 is 10.2 Å². The van der Waals surface area contributed by atoms with E-state index < -0.39 is 0 Å². The highest BCUT2D eigenvalue weighted by molar-refractivity contribution is 5.93. The number of nitrogens with one attached hydrogen (secondary N) is 1. The molecule has 0 bridgehead atoms. The van der Waals surface area contributed by atoms with Gasteiger partial charge in [0, 0.05) is 29.9 Å². The summed E-state index contributed by atoms with van der Waals surface area (Å²) in [6, 6.07) is 4.39. The number of aryl methyl sites for hydroxylation is 1. The monoisotopic (exact) mass is 336 g/mol. The molecule has 5 heteroatoms. The first kappa shape index (κ1) is 16.1. The molecule has 2 aromatic rings. The summed E-state index contributed by atoms with van der Waals surface area (Å²) in [5.41, 5.74) is 6.00. The first-order valence-electron chi connectivity index (χ1n) is 8.93. The lowest BCUT2D eigenvalue weighted by molar-refractivity contribution is 0.122. The van der Waals surface area contributed by atoms with E-state index in [-0.39, 0.29) is 0 Å². The summed E-state index contributed by atoms with van der Waals surface area (Å²) < 4.78 is 5.47. The van der Waals surface area contributed by atoms with Crippen LogP contribution in [0.1, 0.15) is 25.3 Å². The van der Waals surface area contributed by atoms with Crippen molar-refractivity contribution in [2.45, 2.75) is 26.7 Å². The fraction of sp³-hybridized carbons (Fsp3) is 0.400. The Hall–Kier alpha value is -2.40. The zero-order valence-electron chi connectivity index (χ0n) is 14.9. The van der Waals surface area contributed by atoms with Crippen molar-refractivity contribution < 1.29 is 4.74 Å². The lowest BCUT2D eigenvalue weighted by Gasteiger charge is -2.30. The van der Waals surface area contributed by atoms with Crippen molar-refractivity contribution in [1.29, 1.82) is 0 Å². The van der Waals surface area contributed by atoms with Crippen LogP contribution in [-0.4, -0.2) is 36.3 Å². The SMILES string of the molecule is CC1=CCCC(Nc2ncnc3cc(N4CCOCC4)c(C)cc23)=C1. The second kappa shape index (κ2) is 6.84. The van der Waals surface area contributed by atoms with Crippen LogP contribution in [0.5, 0.6) is 0 Å². The third-order valence-electron chi connectivity index (χ3n) is 4.87. The van der Waals surface area contributed by atoms with E-state index >= 15 is 0 Å². The molecule has 1 aliphatic heterocycles. The summed E-state index contributed by atoms with van der Waals surface area (Å²) >= 11 is 0. The second-order valence-corrected chi connectivity index (χ2v) is 6.76. The van der Waals surface area contributed by atoms with E-state index in [2.05, 4.69) is 58.3 Å². The Morgan fingerprint density at radius 3 is 2.76 bits per heavy atom. The highest BCUT2D eigenvalue weighted by atomic mass is 16.5. The molecule has 130 valence electrons. The van der Waals surface area contributed by atoms with Crippen molar-refractivity contribution in [2.75, 3.05) is 36.5 Å². The van der Waals surface area contributed by atoms with Crippen molar-refractivity contribution in [1.82, 2.24) is 9.97 Å². The molecular weight excluding hydrogens is 312 g/mol. The van der Waals surface area contributed by atoms with Gasteiger partial charge < -0.3 is 15.0 Å². The van der Waals surface area contributed by atoms with Gasteiger partial charge >= 0.3 is 0 Å². The maximum atomic E-state index is 5.47. The van der Waals surface area contributed by atoms with Crippen LogP contribution in [0.4, 0.5) is 11.5 Å². The first-order chi connectivity index (χ1) is 12.2. The topological polar surface area (TPSA) is 50.3 Å². The number of morpholine rings is 1. The van der Waals surface area contributed by atoms with Gasteiger partial charge in [0.05, 0.1) is 18.7 Å². The van der Waals surface area contributed by atoms with E-state index in [4.69, 9.17) is 4.74 Å². The molecule has 2 aliphatic rings. The van der Waals surface area contributed by atoms with Crippen LogP contribution in [0.25, 0.3) is 10.9 Å². The summed E-state index contributed by atoms with van der Waals surface area (Å²) in [7, 11) is 0. The van der Waals surface area contributed by atoms with E-state index in [1.807, 2.05) is 0 Å². The van der Waals surface area contributed by atoms with Crippen LogP contribution in [0, 0.1) is 6.92 Å². The largest absolute Gasteiger partial charge is 0.378 e. The minimum atomic E-state index is 0.787. The molecule has 1 aromatic heterocycles. The highest BCUT2D eigenvalue weighted by Gasteiger charge is 2.16. The summed E-state index contributed by atoms with van der Waals surface area (Å²) in [4.78, 5) is 11.4. The maximum absolute atomic E-state index is 5.47. The number of rotatable bonds is 3. The molecule has 1 aromatic carbocycles. The quantitative estimate of drug-likeness (QED) is 0.923. The van der Waals surface area contributed by atoms with Gasteiger partial charge in [-0.2, -0.15) is 0 Å². The lowest BCUT2D eigenvalue weighted by atomic mass is 10.0. The summed E-state index contributed by atoms with van der Waals surface area (Å²) in [5.74, 6) is 0.891. The Labute approximate surface area is 148 Å². The number of anilines is 2. The second-order valence-electron chi connectivity index (χ2n) is 6.76. The van der Waals surface area contributed by atoms with E-state index in [1.54, 1.807) is 6.33 Å². The minimum Gasteiger partial charge on any atom is -0.378 e. The molecule has 1 fully saturated rings. The third kappa shape index (κ3) is 3.37. The maximum Gasteiger partial charge on any atom is 0.141 e. The zero-order valence-corrected chi connectivity index (χ0v) is 14.9. The third-order valence-corrected chi connectivity index (χ3v) is 4.87. The molecule has 0 atom stereocenters. The first-order valence-corrected chi connectivity index (χ1v) is 8.93. The van der Waals surface area contributed by atoms with Gasteiger partial charge in [-0.25, -0.2) is 9.97 Å². The van der Waals surface area contributed by atoms with Gasteiger partial charge in [0.25, 0.3) is 0 Å². The predicted octanol–water partition coefficient (Wildman–Crippen LogP) is 3.81. The molecule has 0 amide bonds. The van der Waals surface area contributed by atoms with Gasteiger partial charge in [0.2, 0.25) is 0 Å². The number of nitrogens with zero attached hydrogens (tertiary/aromatic N) is 3. The van der Waals surface area contributed by atoms with Gasteiger partial charge in [0.1, 0.15) is 12.1 Å². The van der Waals surface area contributed by atoms with Crippen molar-refractivity contribution in [3.05, 3.63) is 47.4 Å². The molecule has 0 radical (unpaired) electrons. The Kier molecular flexibility index (Phi) is 4.40. The van der Waals surface area contributed by atoms with E-state index in [9.17, 15) is 0 Å². The standard InChI is InChI=1S/C20H24N4O/c1-14-4-3-5-16(10-14)23-20-17-11-15(2)19(12-18(17)21-13-22-20)24-6-8-25-9-7-24/h4,10-13H,3,5-9H2,1-2H3,(H,21,22,23). The number of aromatic nitrogens is 2. The molecule has 5 nitrogen and oxygen atoms in total. The van der Waals surface area contributed by atoms with Crippen molar-refractivity contribution in [2.24, 2.45) is 0 Å². The molecule has 2 heterocycles. The molecule has 1 aliphatic carbocycles. The molecular formula is C20H24N4O. The Bertz CT molecular complexity index is 850. The van der Waals surface area contributed by atoms with Crippen LogP contribution in [0.2, 0.25) is 0 Å². The van der Waals surface area contributed by atoms with Gasteiger partial charge in [-0.3, -0.25) is 0 Å². The summed E-state index contributed by atoms with van der Waals surface area (Å²) in [6.45, 7) is 7.73. The smallest absolute Gasteiger partial charge is 0.141 e. The minimum absolute atomic E-state index is 0.787. The Balaban J connectivity index is 1.69. The summed E-state index contributed by atoms with van der Waals surface area (Å²) in [5, 5.41) is 4.59. The average molecular weight is 336 g/mol. The number of hydrogen-bond donors (Lipinski definition) is 1. The predicted molar refractivity (Wildman–Crippen MR) is 102 cm³/mol. The number of benzene rings is 1. The van der Waals surface area contributed by atoms with E-state index in [0.717, 1.165) is 55.9 Å². The molecule has 25 heavy (non-hydrogen) atoms. The molecule has 0 spiro atoms. The normalized spacial score (nSPS) is 18.1. The van der Waals surface area contributed by atoms with Gasteiger partial charge in [-0.05, 0) is 50.5 Å². The van der Waals surface area contributed by atoms with E-state index in [0.29, 0.717) is 0 Å². The van der Waals surface area contributed by atoms with Crippen molar-refractivity contribution >= 4 is 22.4 Å².